The second-order valence-corrected chi connectivity index (χ2v) is 8.11. The SMILES string of the molecule is CC(=O)N(CCNC(=O)c1ccc(C(C)(C)C)cc1)c1cccc2cccnc12. The number of pyridine rings is 1. The molecule has 0 radical (unpaired) electrons. The molecule has 3 rings (SSSR count). The lowest BCUT2D eigenvalue weighted by Crippen LogP contribution is -2.37. The first-order valence-electron chi connectivity index (χ1n) is 9.78. The van der Waals surface area contributed by atoms with Gasteiger partial charge in [0.1, 0.15) is 0 Å². The fourth-order valence-electron chi connectivity index (χ4n) is 3.26. The van der Waals surface area contributed by atoms with Gasteiger partial charge >= 0.3 is 0 Å². The summed E-state index contributed by atoms with van der Waals surface area (Å²) in [7, 11) is 0. The number of benzene rings is 2. The summed E-state index contributed by atoms with van der Waals surface area (Å²) in [5.74, 6) is -0.239. The first-order valence-corrected chi connectivity index (χ1v) is 9.78. The van der Waals surface area contributed by atoms with E-state index in [4.69, 9.17) is 0 Å². The van der Waals surface area contributed by atoms with Crippen molar-refractivity contribution in [3.8, 4) is 0 Å². The van der Waals surface area contributed by atoms with E-state index in [-0.39, 0.29) is 17.2 Å². The van der Waals surface area contributed by atoms with Gasteiger partial charge in [-0.25, -0.2) is 0 Å². The van der Waals surface area contributed by atoms with Crippen LogP contribution >= 0.6 is 0 Å². The molecule has 5 heteroatoms. The number of rotatable bonds is 5. The number of aromatic nitrogens is 1. The highest BCUT2D eigenvalue weighted by molar-refractivity contribution is 6.01. The van der Waals surface area contributed by atoms with Crippen LogP contribution in [0.15, 0.2) is 60.8 Å². The Hall–Kier alpha value is -3.21. The van der Waals surface area contributed by atoms with Gasteiger partial charge in [-0.1, -0.05) is 51.1 Å². The summed E-state index contributed by atoms with van der Waals surface area (Å²) >= 11 is 0. The van der Waals surface area contributed by atoms with Crippen LogP contribution in [0.4, 0.5) is 5.69 Å². The van der Waals surface area contributed by atoms with Crippen LogP contribution < -0.4 is 10.2 Å². The van der Waals surface area contributed by atoms with Crippen LogP contribution in [-0.2, 0) is 10.2 Å². The molecule has 0 aliphatic rings. The third-order valence-corrected chi connectivity index (χ3v) is 4.92. The van der Waals surface area contributed by atoms with E-state index in [1.54, 1.807) is 11.1 Å². The summed E-state index contributed by atoms with van der Waals surface area (Å²) in [4.78, 5) is 30.8. The van der Waals surface area contributed by atoms with Crippen molar-refractivity contribution in [2.24, 2.45) is 0 Å². The van der Waals surface area contributed by atoms with Crippen molar-refractivity contribution in [1.29, 1.82) is 0 Å². The van der Waals surface area contributed by atoms with Gasteiger partial charge in [-0.2, -0.15) is 0 Å². The fourth-order valence-corrected chi connectivity index (χ4v) is 3.26. The lowest BCUT2D eigenvalue weighted by atomic mass is 9.87. The summed E-state index contributed by atoms with van der Waals surface area (Å²) < 4.78 is 0. The molecule has 1 heterocycles. The third-order valence-electron chi connectivity index (χ3n) is 4.92. The Balaban J connectivity index is 1.68. The van der Waals surface area contributed by atoms with E-state index in [0.717, 1.165) is 16.6 Å². The van der Waals surface area contributed by atoms with Crippen molar-refractivity contribution in [2.75, 3.05) is 18.0 Å². The van der Waals surface area contributed by atoms with Crippen LogP contribution in [0.2, 0.25) is 0 Å². The largest absolute Gasteiger partial charge is 0.350 e. The predicted octanol–water partition coefficient (Wildman–Crippen LogP) is 4.32. The van der Waals surface area contributed by atoms with Gasteiger partial charge in [-0.05, 0) is 35.2 Å². The van der Waals surface area contributed by atoms with Crippen LogP contribution in [0.25, 0.3) is 10.9 Å². The number of para-hydroxylation sites is 1. The molecule has 1 aromatic heterocycles. The summed E-state index contributed by atoms with van der Waals surface area (Å²) in [6.45, 7) is 8.66. The standard InChI is InChI=1S/C24H27N3O2/c1-17(28)27(21-9-5-7-18-8-6-14-25-22(18)21)16-15-26-23(29)19-10-12-20(13-11-19)24(2,3)4/h5-14H,15-16H2,1-4H3,(H,26,29). The first kappa shape index (κ1) is 20.5. The van der Waals surface area contributed by atoms with Crippen molar-refractivity contribution in [3.05, 3.63) is 71.9 Å². The highest BCUT2D eigenvalue weighted by Gasteiger charge is 2.17. The van der Waals surface area contributed by atoms with Crippen LogP contribution in [-0.4, -0.2) is 29.9 Å². The monoisotopic (exact) mass is 389 g/mol. The zero-order valence-electron chi connectivity index (χ0n) is 17.4. The van der Waals surface area contributed by atoms with Crippen molar-refractivity contribution >= 4 is 28.4 Å². The highest BCUT2D eigenvalue weighted by atomic mass is 16.2. The van der Waals surface area contributed by atoms with Crippen molar-refractivity contribution in [1.82, 2.24) is 10.3 Å². The van der Waals surface area contributed by atoms with Gasteiger partial charge in [0.25, 0.3) is 5.91 Å². The number of nitrogens with zero attached hydrogens (tertiary/aromatic N) is 2. The fraction of sp³-hybridized carbons (Fsp3) is 0.292. The Morgan fingerprint density at radius 1 is 1.00 bits per heavy atom. The molecule has 0 spiro atoms. The molecular formula is C24H27N3O2. The number of carbonyl (C=O) groups is 2. The molecule has 0 saturated heterocycles. The van der Waals surface area contributed by atoms with E-state index >= 15 is 0 Å². The molecule has 3 aromatic rings. The second kappa shape index (κ2) is 8.43. The molecular weight excluding hydrogens is 362 g/mol. The summed E-state index contributed by atoms with van der Waals surface area (Å²) in [6.07, 6.45) is 1.72. The minimum Gasteiger partial charge on any atom is -0.350 e. The quantitative estimate of drug-likeness (QED) is 0.707. The molecule has 5 nitrogen and oxygen atoms in total. The number of anilines is 1. The number of hydrogen-bond acceptors (Lipinski definition) is 3. The maximum Gasteiger partial charge on any atom is 0.251 e. The minimum atomic E-state index is -0.148. The molecule has 0 fully saturated rings. The molecule has 29 heavy (non-hydrogen) atoms. The Labute approximate surface area is 171 Å². The lowest BCUT2D eigenvalue weighted by Gasteiger charge is -2.22. The number of hydrogen-bond donors (Lipinski definition) is 1. The molecule has 2 amide bonds. The van der Waals surface area contributed by atoms with Crippen molar-refractivity contribution in [3.63, 3.8) is 0 Å². The number of nitrogens with one attached hydrogen (secondary N) is 1. The number of fused-ring (bicyclic) bond motifs is 1. The highest BCUT2D eigenvalue weighted by Crippen LogP contribution is 2.25. The Morgan fingerprint density at radius 2 is 1.69 bits per heavy atom. The zero-order valence-corrected chi connectivity index (χ0v) is 17.4. The molecule has 2 aromatic carbocycles. The van der Waals surface area contributed by atoms with E-state index in [2.05, 4.69) is 31.1 Å². The topological polar surface area (TPSA) is 62.3 Å². The van der Waals surface area contributed by atoms with Gasteiger partial charge in [0.15, 0.2) is 0 Å². The zero-order chi connectivity index (χ0) is 21.0. The van der Waals surface area contributed by atoms with E-state index < -0.39 is 0 Å². The van der Waals surface area contributed by atoms with Gasteiger partial charge in [0.2, 0.25) is 5.91 Å². The van der Waals surface area contributed by atoms with Crippen molar-refractivity contribution < 1.29 is 9.59 Å². The van der Waals surface area contributed by atoms with Crippen molar-refractivity contribution in [2.45, 2.75) is 33.1 Å². The van der Waals surface area contributed by atoms with Crippen LogP contribution in [0.5, 0.6) is 0 Å². The average Bonchev–Trinajstić information content (AvgIpc) is 2.70. The maximum absolute atomic E-state index is 12.5. The maximum atomic E-state index is 12.5. The first-order chi connectivity index (χ1) is 13.8. The Bertz CT molecular complexity index is 1010. The molecule has 0 bridgehead atoms. The summed E-state index contributed by atoms with van der Waals surface area (Å²) in [5.41, 5.74) is 3.36. The molecule has 1 N–H and O–H groups in total. The molecule has 0 saturated carbocycles. The van der Waals surface area contributed by atoms with Crippen LogP contribution in [0, 0.1) is 0 Å². The van der Waals surface area contributed by atoms with Crippen LogP contribution in [0.3, 0.4) is 0 Å². The Morgan fingerprint density at radius 3 is 2.34 bits per heavy atom. The average molecular weight is 389 g/mol. The summed E-state index contributed by atoms with van der Waals surface area (Å²) in [6, 6.07) is 17.2. The van der Waals surface area contributed by atoms with Crippen LogP contribution in [0.1, 0.15) is 43.6 Å². The van der Waals surface area contributed by atoms with Gasteiger partial charge in [0.05, 0.1) is 11.2 Å². The number of amides is 2. The molecule has 150 valence electrons. The number of carbonyl (C=O) groups excluding carboxylic acids is 2. The van der Waals surface area contributed by atoms with Gasteiger partial charge in [-0.15, -0.1) is 0 Å². The molecule has 0 atom stereocenters. The normalized spacial score (nSPS) is 11.3. The van der Waals surface area contributed by atoms with Gasteiger partial charge in [-0.3, -0.25) is 14.6 Å². The third kappa shape index (κ3) is 4.80. The van der Waals surface area contributed by atoms with Gasteiger partial charge in [0, 0.05) is 37.2 Å². The molecule has 0 unspecified atom stereocenters. The van der Waals surface area contributed by atoms with E-state index in [0.29, 0.717) is 18.7 Å². The second-order valence-electron chi connectivity index (χ2n) is 8.11. The smallest absolute Gasteiger partial charge is 0.251 e. The van der Waals surface area contributed by atoms with E-state index in [1.807, 2.05) is 54.6 Å². The van der Waals surface area contributed by atoms with E-state index in [9.17, 15) is 9.59 Å². The van der Waals surface area contributed by atoms with E-state index in [1.165, 1.54) is 12.5 Å². The molecule has 0 aliphatic carbocycles. The molecule has 0 aliphatic heterocycles. The minimum absolute atomic E-state index is 0.0451. The Kier molecular flexibility index (Phi) is 5.97. The summed E-state index contributed by atoms with van der Waals surface area (Å²) in [5, 5.41) is 3.88. The predicted molar refractivity (Wildman–Crippen MR) is 117 cm³/mol. The lowest BCUT2D eigenvalue weighted by molar-refractivity contribution is -0.116. The van der Waals surface area contributed by atoms with Gasteiger partial charge < -0.3 is 10.2 Å².